The first kappa shape index (κ1) is 20.1. The SMILES string of the molecule is N#CC1=C(N)Oc2c(sc3ccccc23)[C@@H]1c1ccccc1OC(=O)c1cccc(Cl)c1. The second-order valence-electron chi connectivity index (χ2n) is 7.15. The standard InChI is InChI=1S/C25H15ClN2O3S/c26-15-7-5-6-14(12-15)25(29)30-19-10-3-1-8-16(19)21-18(13-27)24(28)31-22-17-9-2-4-11-20(17)32-23(21)22/h1-12,21H,28H2/t21-/m1/s1. The summed E-state index contributed by atoms with van der Waals surface area (Å²) in [5, 5.41) is 11.3. The zero-order chi connectivity index (χ0) is 22.2. The highest BCUT2D eigenvalue weighted by Crippen LogP contribution is 2.51. The normalized spacial score (nSPS) is 15.1. The zero-order valence-electron chi connectivity index (χ0n) is 16.5. The van der Waals surface area contributed by atoms with Crippen molar-refractivity contribution >= 4 is 39.0 Å². The zero-order valence-corrected chi connectivity index (χ0v) is 18.1. The van der Waals surface area contributed by atoms with E-state index in [9.17, 15) is 10.1 Å². The largest absolute Gasteiger partial charge is 0.439 e. The average Bonchev–Trinajstić information content (AvgIpc) is 3.17. The van der Waals surface area contributed by atoms with E-state index in [0.29, 0.717) is 27.6 Å². The van der Waals surface area contributed by atoms with Crippen LogP contribution in [-0.4, -0.2) is 5.97 Å². The van der Waals surface area contributed by atoms with Gasteiger partial charge >= 0.3 is 5.97 Å². The van der Waals surface area contributed by atoms with Gasteiger partial charge in [0.2, 0.25) is 5.88 Å². The first-order chi connectivity index (χ1) is 15.6. The Kier molecular flexibility index (Phi) is 5.06. The summed E-state index contributed by atoms with van der Waals surface area (Å²) < 4.78 is 12.6. The van der Waals surface area contributed by atoms with Crippen LogP contribution in [0.4, 0.5) is 0 Å². The van der Waals surface area contributed by atoms with Crippen LogP contribution in [0.3, 0.4) is 0 Å². The molecule has 0 amide bonds. The average molecular weight is 459 g/mol. The van der Waals surface area contributed by atoms with Crippen molar-refractivity contribution < 1.29 is 14.3 Å². The van der Waals surface area contributed by atoms with E-state index in [4.69, 9.17) is 26.8 Å². The highest BCUT2D eigenvalue weighted by Gasteiger charge is 2.35. The van der Waals surface area contributed by atoms with Crippen LogP contribution in [0.15, 0.2) is 84.3 Å². The van der Waals surface area contributed by atoms with E-state index in [1.54, 1.807) is 36.4 Å². The fourth-order valence-corrected chi connectivity index (χ4v) is 5.23. The van der Waals surface area contributed by atoms with Gasteiger partial charge in [-0.05, 0) is 36.4 Å². The molecule has 156 valence electrons. The quantitative estimate of drug-likeness (QED) is 0.301. The van der Waals surface area contributed by atoms with Gasteiger partial charge in [-0.25, -0.2) is 4.79 Å². The molecule has 1 aliphatic rings. The lowest BCUT2D eigenvalue weighted by molar-refractivity contribution is 0.0733. The second-order valence-corrected chi connectivity index (χ2v) is 8.67. The summed E-state index contributed by atoms with van der Waals surface area (Å²) in [6, 6.07) is 23.7. The Morgan fingerprint density at radius 1 is 1.09 bits per heavy atom. The lowest BCUT2D eigenvalue weighted by atomic mass is 9.87. The Labute approximate surface area is 192 Å². The third-order valence-electron chi connectivity index (χ3n) is 5.22. The van der Waals surface area contributed by atoms with Crippen LogP contribution in [-0.2, 0) is 0 Å². The number of nitrogens with two attached hydrogens (primary N) is 1. The van der Waals surface area contributed by atoms with Gasteiger partial charge < -0.3 is 15.2 Å². The first-order valence-corrected chi connectivity index (χ1v) is 10.9. The Bertz CT molecular complexity index is 1450. The van der Waals surface area contributed by atoms with Crippen molar-refractivity contribution in [3.63, 3.8) is 0 Å². The van der Waals surface area contributed by atoms with E-state index in [1.165, 1.54) is 11.3 Å². The number of carbonyl (C=O) groups is 1. The third kappa shape index (κ3) is 3.38. The maximum Gasteiger partial charge on any atom is 0.343 e. The van der Waals surface area contributed by atoms with Crippen LogP contribution in [0.1, 0.15) is 26.7 Å². The minimum atomic E-state index is -0.543. The van der Waals surface area contributed by atoms with Gasteiger partial charge in [0.25, 0.3) is 0 Å². The molecule has 0 spiro atoms. The Morgan fingerprint density at radius 2 is 1.88 bits per heavy atom. The number of nitrogens with zero attached hydrogens (tertiary/aromatic N) is 1. The highest BCUT2D eigenvalue weighted by molar-refractivity contribution is 7.19. The van der Waals surface area contributed by atoms with Crippen molar-refractivity contribution in [1.29, 1.82) is 5.26 Å². The number of allylic oxidation sites excluding steroid dienone is 1. The Balaban J connectivity index is 1.64. The number of carbonyl (C=O) groups excluding carboxylic acids is 1. The van der Waals surface area contributed by atoms with Crippen molar-refractivity contribution in [2.24, 2.45) is 5.73 Å². The van der Waals surface area contributed by atoms with E-state index in [-0.39, 0.29) is 11.5 Å². The fraction of sp³-hybridized carbons (Fsp3) is 0.0400. The molecule has 0 bridgehead atoms. The molecule has 1 aromatic heterocycles. The van der Waals surface area contributed by atoms with Crippen LogP contribution < -0.4 is 15.2 Å². The van der Waals surface area contributed by atoms with Gasteiger partial charge in [-0.15, -0.1) is 11.3 Å². The number of benzene rings is 3. The maximum atomic E-state index is 12.8. The molecule has 5 nitrogen and oxygen atoms in total. The summed E-state index contributed by atoms with van der Waals surface area (Å²) in [4.78, 5) is 13.6. The van der Waals surface area contributed by atoms with Crippen molar-refractivity contribution in [2.45, 2.75) is 5.92 Å². The Hall–Kier alpha value is -3.79. The number of nitriles is 1. The summed E-state index contributed by atoms with van der Waals surface area (Å²) in [7, 11) is 0. The first-order valence-electron chi connectivity index (χ1n) is 9.72. The minimum absolute atomic E-state index is 0.0459. The third-order valence-corrected chi connectivity index (χ3v) is 6.67. The van der Waals surface area contributed by atoms with E-state index in [0.717, 1.165) is 15.0 Å². The monoisotopic (exact) mass is 458 g/mol. The van der Waals surface area contributed by atoms with E-state index >= 15 is 0 Å². The summed E-state index contributed by atoms with van der Waals surface area (Å²) in [6.07, 6.45) is 0. The lowest BCUT2D eigenvalue weighted by Gasteiger charge is -2.25. The van der Waals surface area contributed by atoms with Gasteiger partial charge in [0.1, 0.15) is 17.4 Å². The molecule has 32 heavy (non-hydrogen) atoms. The summed E-state index contributed by atoms with van der Waals surface area (Å²) >= 11 is 7.54. The van der Waals surface area contributed by atoms with E-state index in [2.05, 4.69) is 6.07 Å². The van der Waals surface area contributed by atoms with Gasteiger partial charge in [-0.2, -0.15) is 5.26 Å². The topological polar surface area (TPSA) is 85.3 Å². The lowest BCUT2D eigenvalue weighted by Crippen LogP contribution is -2.20. The Morgan fingerprint density at radius 3 is 2.69 bits per heavy atom. The molecule has 0 saturated heterocycles. The van der Waals surface area contributed by atoms with Gasteiger partial charge in [0.15, 0.2) is 5.75 Å². The number of hydrogen-bond acceptors (Lipinski definition) is 6. The van der Waals surface area contributed by atoms with Gasteiger partial charge in [-0.1, -0.05) is 48.0 Å². The molecule has 5 rings (SSSR count). The number of para-hydroxylation sites is 1. The molecule has 7 heteroatoms. The van der Waals surface area contributed by atoms with E-state index < -0.39 is 11.9 Å². The fourth-order valence-electron chi connectivity index (χ4n) is 3.78. The predicted molar refractivity (Wildman–Crippen MR) is 124 cm³/mol. The number of hydrogen-bond donors (Lipinski definition) is 1. The molecule has 1 aliphatic heterocycles. The van der Waals surface area contributed by atoms with Crippen LogP contribution in [0.5, 0.6) is 11.5 Å². The van der Waals surface area contributed by atoms with Crippen molar-refractivity contribution in [3.8, 4) is 17.6 Å². The molecule has 4 aromatic rings. The maximum absolute atomic E-state index is 12.8. The molecule has 2 heterocycles. The smallest absolute Gasteiger partial charge is 0.343 e. The molecule has 0 saturated carbocycles. The van der Waals surface area contributed by atoms with Crippen molar-refractivity contribution in [3.05, 3.63) is 105 Å². The summed E-state index contributed by atoms with van der Waals surface area (Å²) in [5.74, 6) is -0.0514. The van der Waals surface area contributed by atoms with E-state index in [1.807, 2.05) is 36.4 Å². The summed E-state index contributed by atoms with van der Waals surface area (Å²) in [6.45, 7) is 0. The van der Waals surface area contributed by atoms with Crippen LogP contribution in [0.2, 0.25) is 5.02 Å². The number of ether oxygens (including phenoxy) is 2. The molecule has 3 aromatic carbocycles. The second kappa shape index (κ2) is 8.04. The molecule has 1 atom stereocenters. The number of fused-ring (bicyclic) bond motifs is 3. The number of thiophene rings is 1. The van der Waals surface area contributed by atoms with Crippen molar-refractivity contribution in [2.75, 3.05) is 0 Å². The molecule has 2 N–H and O–H groups in total. The molecule has 0 fully saturated rings. The highest BCUT2D eigenvalue weighted by atomic mass is 35.5. The van der Waals surface area contributed by atoms with Crippen molar-refractivity contribution in [1.82, 2.24) is 0 Å². The molecular weight excluding hydrogens is 444 g/mol. The number of halogens is 1. The van der Waals surface area contributed by atoms with Gasteiger partial charge in [-0.3, -0.25) is 0 Å². The predicted octanol–water partition coefficient (Wildman–Crippen LogP) is 5.99. The van der Waals surface area contributed by atoms with Gasteiger partial charge in [0.05, 0.1) is 16.4 Å². The summed E-state index contributed by atoms with van der Waals surface area (Å²) in [5.41, 5.74) is 7.41. The van der Waals surface area contributed by atoms with Crippen LogP contribution in [0.25, 0.3) is 10.1 Å². The number of rotatable bonds is 3. The number of esters is 1. The van der Waals surface area contributed by atoms with Crippen LogP contribution >= 0.6 is 22.9 Å². The molecular formula is C25H15ClN2O3S. The van der Waals surface area contributed by atoms with Crippen LogP contribution in [0, 0.1) is 11.3 Å². The molecule has 0 unspecified atom stereocenters. The molecule has 0 radical (unpaired) electrons. The molecule has 0 aliphatic carbocycles. The van der Waals surface area contributed by atoms with Gasteiger partial charge in [0, 0.05) is 20.7 Å². The minimum Gasteiger partial charge on any atom is -0.439 e.